The van der Waals surface area contributed by atoms with Gasteiger partial charge < -0.3 is 10.5 Å². The van der Waals surface area contributed by atoms with Crippen molar-refractivity contribution >= 4 is 11.6 Å². The summed E-state index contributed by atoms with van der Waals surface area (Å²) in [5.41, 5.74) is -1.49. The van der Waals surface area contributed by atoms with Crippen molar-refractivity contribution in [2.75, 3.05) is 7.05 Å². The topological polar surface area (TPSA) is 109 Å². The van der Waals surface area contributed by atoms with Gasteiger partial charge in [-0.3, -0.25) is 4.79 Å². The number of carbonyl (C=O) groups excluding carboxylic acids is 1. The molecule has 0 bridgehead atoms. The van der Waals surface area contributed by atoms with E-state index in [-0.39, 0.29) is 5.71 Å². The van der Waals surface area contributed by atoms with Crippen LogP contribution >= 0.6 is 0 Å². The van der Waals surface area contributed by atoms with Gasteiger partial charge in [0.05, 0.1) is 11.5 Å². The van der Waals surface area contributed by atoms with Crippen LogP contribution in [0.3, 0.4) is 0 Å². The highest BCUT2D eigenvalue weighted by molar-refractivity contribution is 6.12. The smallest absolute Gasteiger partial charge is 0.231 e. The first-order valence-electron chi connectivity index (χ1n) is 4.19. The van der Waals surface area contributed by atoms with Gasteiger partial charge in [0.1, 0.15) is 12.0 Å². The van der Waals surface area contributed by atoms with Crippen LogP contribution in [0, 0.1) is 34.0 Å². The Labute approximate surface area is 87.8 Å². The molecule has 0 aromatic carbocycles. The maximum atomic E-state index is 11.5. The Bertz CT molecular complexity index is 359. The zero-order valence-corrected chi connectivity index (χ0v) is 8.77. The highest BCUT2D eigenvalue weighted by atomic mass is 16.4. The molecule has 0 radical (unpaired) electrons. The molecule has 15 heavy (non-hydrogen) atoms. The predicted molar refractivity (Wildman–Crippen MR) is 51.8 cm³/mol. The number of amides is 1. The Balaban J connectivity index is 5.39. The van der Waals surface area contributed by atoms with Crippen LogP contribution in [0.25, 0.3) is 0 Å². The van der Waals surface area contributed by atoms with E-state index >= 15 is 0 Å². The van der Waals surface area contributed by atoms with Gasteiger partial charge in [-0.2, -0.15) is 10.5 Å². The molecular weight excluding hydrogens is 196 g/mol. The zero-order valence-electron chi connectivity index (χ0n) is 8.77. The van der Waals surface area contributed by atoms with Crippen molar-refractivity contribution in [2.45, 2.75) is 13.8 Å². The average Bonchev–Trinajstić information content (AvgIpc) is 2.24. The van der Waals surface area contributed by atoms with E-state index < -0.39 is 17.2 Å². The van der Waals surface area contributed by atoms with Gasteiger partial charge in [0.25, 0.3) is 0 Å². The summed E-state index contributed by atoms with van der Waals surface area (Å²) < 4.78 is 0. The quantitative estimate of drug-likeness (QED) is 0.393. The van der Waals surface area contributed by atoms with E-state index in [2.05, 4.69) is 10.5 Å². The third kappa shape index (κ3) is 2.68. The molecule has 0 rings (SSSR count). The summed E-state index contributed by atoms with van der Waals surface area (Å²) >= 11 is 0. The Hall–Kier alpha value is -2.08. The molecule has 2 N–H and O–H groups in total. The third-order valence-electron chi connectivity index (χ3n) is 2.01. The van der Waals surface area contributed by atoms with Gasteiger partial charge in [-0.05, 0) is 13.8 Å². The second-order valence-corrected chi connectivity index (χ2v) is 3.48. The summed E-state index contributed by atoms with van der Waals surface area (Å²) in [6.07, 6.45) is 0. The standard InChI is InChI=1S/C9H12N4O2/c1-9(2,5-11)7(8(14)12-3)6(4-10)13-15/h7,15H,1-3H3,(H,12,14)/b13-6+. The lowest BCUT2D eigenvalue weighted by Gasteiger charge is -2.24. The van der Waals surface area contributed by atoms with Crippen LogP contribution in [-0.2, 0) is 4.79 Å². The fourth-order valence-electron chi connectivity index (χ4n) is 1.15. The maximum absolute atomic E-state index is 11.5. The normalized spacial score (nSPS) is 13.5. The van der Waals surface area contributed by atoms with Crippen LogP contribution < -0.4 is 5.32 Å². The Kier molecular flexibility index (Phi) is 4.28. The number of rotatable bonds is 3. The maximum Gasteiger partial charge on any atom is 0.231 e. The van der Waals surface area contributed by atoms with E-state index in [0.29, 0.717) is 0 Å². The first-order chi connectivity index (χ1) is 6.94. The molecule has 0 aromatic rings. The summed E-state index contributed by atoms with van der Waals surface area (Å²) in [5, 5.41) is 31.2. The molecule has 1 amide bonds. The fraction of sp³-hybridized carbons (Fsp3) is 0.556. The van der Waals surface area contributed by atoms with E-state index in [0.717, 1.165) is 0 Å². The lowest BCUT2D eigenvalue weighted by Crippen LogP contribution is -2.41. The van der Waals surface area contributed by atoms with Gasteiger partial charge in [0, 0.05) is 7.05 Å². The van der Waals surface area contributed by atoms with Crippen LogP contribution in [0.1, 0.15) is 13.8 Å². The molecule has 0 aliphatic rings. The SMILES string of the molecule is CNC(=O)C(/C(C#N)=N/O)C(C)(C)C#N. The van der Waals surface area contributed by atoms with E-state index in [1.54, 1.807) is 6.07 Å². The number of nitrogens with zero attached hydrogens (tertiary/aromatic N) is 3. The van der Waals surface area contributed by atoms with Gasteiger partial charge in [-0.25, -0.2) is 0 Å². The van der Waals surface area contributed by atoms with Crippen LogP contribution in [-0.4, -0.2) is 23.9 Å². The minimum absolute atomic E-state index is 0.374. The molecule has 0 aliphatic carbocycles. The van der Waals surface area contributed by atoms with E-state index in [4.69, 9.17) is 15.7 Å². The summed E-state index contributed by atoms with van der Waals surface area (Å²) in [7, 11) is 1.38. The lowest BCUT2D eigenvalue weighted by atomic mass is 9.77. The Morgan fingerprint density at radius 2 is 2.07 bits per heavy atom. The molecule has 1 unspecified atom stereocenters. The number of hydrogen-bond donors (Lipinski definition) is 2. The van der Waals surface area contributed by atoms with Crippen molar-refractivity contribution in [2.24, 2.45) is 16.5 Å². The second-order valence-electron chi connectivity index (χ2n) is 3.48. The molecule has 0 saturated heterocycles. The van der Waals surface area contributed by atoms with Crippen molar-refractivity contribution < 1.29 is 10.0 Å². The molecule has 0 aliphatic heterocycles. The minimum Gasteiger partial charge on any atom is -0.410 e. The number of carbonyl (C=O) groups is 1. The first-order valence-corrected chi connectivity index (χ1v) is 4.19. The van der Waals surface area contributed by atoms with Crippen molar-refractivity contribution in [1.82, 2.24) is 5.32 Å². The molecule has 0 fully saturated rings. The molecule has 6 nitrogen and oxygen atoms in total. The number of hydrogen-bond acceptors (Lipinski definition) is 5. The predicted octanol–water partition coefficient (Wildman–Crippen LogP) is 0.252. The molecule has 1 atom stereocenters. The summed E-state index contributed by atoms with van der Waals surface area (Å²) in [4.78, 5) is 11.5. The monoisotopic (exact) mass is 208 g/mol. The van der Waals surface area contributed by atoms with Gasteiger partial charge in [0.15, 0.2) is 5.71 Å². The van der Waals surface area contributed by atoms with E-state index in [1.165, 1.54) is 20.9 Å². The van der Waals surface area contributed by atoms with E-state index in [1.807, 2.05) is 6.07 Å². The van der Waals surface area contributed by atoms with Gasteiger partial charge in [-0.15, -0.1) is 0 Å². The highest BCUT2D eigenvalue weighted by Gasteiger charge is 2.39. The lowest BCUT2D eigenvalue weighted by molar-refractivity contribution is -0.124. The molecule has 0 spiro atoms. The molecule has 80 valence electrons. The van der Waals surface area contributed by atoms with Crippen LogP contribution in [0.15, 0.2) is 5.16 Å². The summed E-state index contributed by atoms with van der Waals surface area (Å²) in [6.45, 7) is 2.99. The van der Waals surface area contributed by atoms with Crippen LogP contribution in [0.4, 0.5) is 0 Å². The average molecular weight is 208 g/mol. The van der Waals surface area contributed by atoms with Crippen molar-refractivity contribution in [3.63, 3.8) is 0 Å². The molecular formula is C9H12N4O2. The first kappa shape index (κ1) is 12.9. The van der Waals surface area contributed by atoms with Crippen molar-refractivity contribution in [1.29, 1.82) is 10.5 Å². The van der Waals surface area contributed by atoms with Gasteiger partial charge in [-0.1, -0.05) is 5.16 Å². The highest BCUT2D eigenvalue weighted by Crippen LogP contribution is 2.27. The zero-order chi connectivity index (χ0) is 12.1. The Morgan fingerprint density at radius 1 is 1.53 bits per heavy atom. The molecule has 0 aromatic heterocycles. The fourth-order valence-corrected chi connectivity index (χ4v) is 1.15. The molecule has 6 heteroatoms. The van der Waals surface area contributed by atoms with Gasteiger partial charge in [0.2, 0.25) is 5.91 Å². The summed E-state index contributed by atoms with van der Waals surface area (Å²) in [5.74, 6) is -1.61. The van der Waals surface area contributed by atoms with E-state index in [9.17, 15) is 4.79 Å². The van der Waals surface area contributed by atoms with Gasteiger partial charge >= 0.3 is 0 Å². The minimum atomic E-state index is -1.11. The molecule has 0 heterocycles. The Morgan fingerprint density at radius 3 is 2.33 bits per heavy atom. The molecule has 0 saturated carbocycles. The number of oxime groups is 1. The van der Waals surface area contributed by atoms with Crippen molar-refractivity contribution in [3.05, 3.63) is 0 Å². The van der Waals surface area contributed by atoms with Crippen LogP contribution in [0.2, 0.25) is 0 Å². The van der Waals surface area contributed by atoms with Crippen molar-refractivity contribution in [3.8, 4) is 12.1 Å². The van der Waals surface area contributed by atoms with Crippen LogP contribution in [0.5, 0.6) is 0 Å². The number of nitrogens with one attached hydrogen (secondary N) is 1. The number of nitriles is 2. The second kappa shape index (κ2) is 4.97. The largest absolute Gasteiger partial charge is 0.410 e. The third-order valence-corrected chi connectivity index (χ3v) is 2.01. The summed E-state index contributed by atoms with van der Waals surface area (Å²) in [6, 6.07) is 3.50.